The lowest BCUT2D eigenvalue weighted by molar-refractivity contribution is 0.478. The molecule has 0 saturated carbocycles. The van der Waals surface area contributed by atoms with Gasteiger partial charge in [0.1, 0.15) is 11.8 Å². The zero-order valence-electron chi connectivity index (χ0n) is 9.31. The summed E-state index contributed by atoms with van der Waals surface area (Å²) in [6.07, 6.45) is 1.53. The number of nitrogens with one attached hydrogen (secondary N) is 1. The molecule has 0 spiro atoms. The molecule has 0 aromatic rings. The number of nitriles is 2. The first-order valence-corrected chi connectivity index (χ1v) is 4.76. The fraction of sp³-hybridized carbons (Fsp3) is 0.636. The third-order valence-corrected chi connectivity index (χ3v) is 1.55. The van der Waals surface area contributed by atoms with Crippen molar-refractivity contribution in [2.24, 2.45) is 0 Å². The van der Waals surface area contributed by atoms with Crippen molar-refractivity contribution in [2.45, 2.75) is 46.1 Å². The molecule has 14 heavy (non-hydrogen) atoms. The van der Waals surface area contributed by atoms with Crippen molar-refractivity contribution in [1.82, 2.24) is 5.32 Å². The predicted molar refractivity (Wildman–Crippen MR) is 56.0 cm³/mol. The smallest absolute Gasteiger partial charge is 0.127 e. The maximum atomic E-state index is 8.90. The van der Waals surface area contributed by atoms with Crippen LogP contribution < -0.4 is 5.32 Å². The molecular formula is C11H17N3. The number of nitrogens with zero attached hydrogens (tertiary/aromatic N) is 2. The van der Waals surface area contributed by atoms with Crippen LogP contribution in [0.2, 0.25) is 0 Å². The second kappa shape index (κ2) is 5.29. The summed E-state index contributed by atoms with van der Waals surface area (Å²) in [5.41, 5.74) is 0.771. The molecule has 0 aromatic heterocycles. The Morgan fingerprint density at radius 1 is 1.21 bits per heavy atom. The van der Waals surface area contributed by atoms with Gasteiger partial charge < -0.3 is 5.32 Å². The highest BCUT2D eigenvalue weighted by Gasteiger charge is 2.14. The molecule has 0 amide bonds. The summed E-state index contributed by atoms with van der Waals surface area (Å²) in [7, 11) is 0. The molecule has 3 nitrogen and oxygen atoms in total. The van der Waals surface area contributed by atoms with Gasteiger partial charge in [-0.1, -0.05) is 13.3 Å². The van der Waals surface area contributed by atoms with Crippen molar-refractivity contribution in [3.63, 3.8) is 0 Å². The van der Waals surface area contributed by atoms with Gasteiger partial charge in [0.2, 0.25) is 0 Å². The molecular weight excluding hydrogens is 174 g/mol. The molecule has 0 rings (SSSR count). The summed E-state index contributed by atoms with van der Waals surface area (Å²) in [6.45, 7) is 7.88. The molecule has 0 aliphatic rings. The first-order valence-electron chi connectivity index (χ1n) is 4.76. The number of hydrogen-bond donors (Lipinski definition) is 1. The summed E-state index contributed by atoms with van der Waals surface area (Å²) in [5.74, 6) is 0. The quantitative estimate of drug-likeness (QED) is 0.697. The van der Waals surface area contributed by atoms with Gasteiger partial charge in [-0.3, -0.25) is 0 Å². The highest BCUT2D eigenvalue weighted by atomic mass is 15.0. The molecule has 0 heterocycles. The van der Waals surface area contributed by atoms with E-state index in [9.17, 15) is 0 Å². The van der Waals surface area contributed by atoms with E-state index in [0.29, 0.717) is 17.7 Å². The first kappa shape index (κ1) is 12.5. The lowest BCUT2D eigenvalue weighted by Gasteiger charge is -2.21. The minimum absolute atomic E-state index is 0.180. The van der Waals surface area contributed by atoms with Crippen LogP contribution in [0.15, 0.2) is 11.3 Å². The average Bonchev–Trinajstić information content (AvgIpc) is 2.09. The van der Waals surface area contributed by atoms with Gasteiger partial charge in [0, 0.05) is 5.54 Å². The standard InChI is InChI=1S/C11H17N3/c1-5-6-9(7-12)10(8-13)14-11(2,3)4/h14H,5-6H2,1-4H3/b10-9+. The summed E-state index contributed by atoms with van der Waals surface area (Å²) in [6, 6.07) is 4.11. The van der Waals surface area contributed by atoms with Crippen molar-refractivity contribution >= 4 is 0 Å². The van der Waals surface area contributed by atoms with Crippen LogP contribution in [0.25, 0.3) is 0 Å². The maximum absolute atomic E-state index is 8.90. The van der Waals surface area contributed by atoms with Crippen molar-refractivity contribution < 1.29 is 0 Å². The van der Waals surface area contributed by atoms with E-state index in [2.05, 4.69) is 11.4 Å². The Labute approximate surface area is 86.0 Å². The van der Waals surface area contributed by atoms with E-state index in [1.807, 2.05) is 33.8 Å². The van der Waals surface area contributed by atoms with Crippen LogP contribution in [0, 0.1) is 22.7 Å². The number of rotatable bonds is 3. The van der Waals surface area contributed by atoms with Crippen LogP contribution >= 0.6 is 0 Å². The monoisotopic (exact) mass is 191 g/mol. The summed E-state index contributed by atoms with van der Waals surface area (Å²) in [5, 5.41) is 20.8. The molecule has 0 unspecified atom stereocenters. The van der Waals surface area contributed by atoms with Gasteiger partial charge in [-0.15, -0.1) is 0 Å². The molecule has 0 aromatic carbocycles. The van der Waals surface area contributed by atoms with Gasteiger partial charge in [-0.2, -0.15) is 10.5 Å². The Kier molecular flexibility index (Phi) is 4.73. The molecule has 0 aliphatic carbocycles. The van der Waals surface area contributed by atoms with Crippen LogP contribution in [0.3, 0.4) is 0 Å². The van der Waals surface area contributed by atoms with E-state index >= 15 is 0 Å². The second-order valence-electron chi connectivity index (χ2n) is 4.20. The van der Waals surface area contributed by atoms with E-state index in [4.69, 9.17) is 10.5 Å². The lowest BCUT2D eigenvalue weighted by atomic mass is 10.1. The Bertz CT molecular complexity index is 294. The van der Waals surface area contributed by atoms with Gasteiger partial charge in [0.15, 0.2) is 0 Å². The Morgan fingerprint density at radius 2 is 1.79 bits per heavy atom. The Morgan fingerprint density at radius 3 is 2.07 bits per heavy atom. The molecule has 0 fully saturated rings. The summed E-state index contributed by atoms with van der Waals surface area (Å²) >= 11 is 0. The van der Waals surface area contributed by atoms with Gasteiger partial charge in [0.05, 0.1) is 11.6 Å². The van der Waals surface area contributed by atoms with Gasteiger partial charge in [0.25, 0.3) is 0 Å². The second-order valence-corrected chi connectivity index (χ2v) is 4.20. The Balaban J connectivity index is 4.86. The minimum Gasteiger partial charge on any atom is -0.371 e. The largest absolute Gasteiger partial charge is 0.371 e. The SMILES string of the molecule is CCC/C(C#N)=C(/C#N)NC(C)(C)C. The van der Waals surface area contributed by atoms with Crippen LogP contribution in [0.5, 0.6) is 0 Å². The number of hydrogen-bond acceptors (Lipinski definition) is 3. The van der Waals surface area contributed by atoms with Crippen molar-refractivity contribution in [3.8, 4) is 12.1 Å². The van der Waals surface area contributed by atoms with Crippen molar-refractivity contribution in [3.05, 3.63) is 11.3 Å². The van der Waals surface area contributed by atoms with E-state index in [-0.39, 0.29) is 5.54 Å². The van der Waals surface area contributed by atoms with Crippen molar-refractivity contribution in [2.75, 3.05) is 0 Å². The fourth-order valence-electron chi connectivity index (χ4n) is 1.03. The molecule has 76 valence electrons. The van der Waals surface area contributed by atoms with E-state index < -0.39 is 0 Å². The first-order chi connectivity index (χ1) is 6.44. The predicted octanol–water partition coefficient (Wildman–Crippen LogP) is 2.48. The van der Waals surface area contributed by atoms with Gasteiger partial charge >= 0.3 is 0 Å². The Hall–Kier alpha value is -1.48. The minimum atomic E-state index is -0.180. The molecule has 3 heteroatoms. The molecule has 0 bridgehead atoms. The number of allylic oxidation sites excluding steroid dienone is 2. The topological polar surface area (TPSA) is 59.6 Å². The highest BCUT2D eigenvalue weighted by molar-refractivity contribution is 5.36. The zero-order chi connectivity index (χ0) is 11.2. The zero-order valence-corrected chi connectivity index (χ0v) is 9.31. The van der Waals surface area contributed by atoms with Crippen LogP contribution in [0.4, 0.5) is 0 Å². The molecule has 0 radical (unpaired) electrons. The third kappa shape index (κ3) is 4.52. The molecule has 0 aliphatic heterocycles. The van der Waals surface area contributed by atoms with E-state index in [0.717, 1.165) is 6.42 Å². The highest BCUT2D eigenvalue weighted by Crippen LogP contribution is 2.11. The fourth-order valence-corrected chi connectivity index (χ4v) is 1.03. The normalized spacial score (nSPS) is 12.4. The van der Waals surface area contributed by atoms with Crippen molar-refractivity contribution in [1.29, 1.82) is 10.5 Å². The molecule has 0 atom stereocenters. The van der Waals surface area contributed by atoms with E-state index in [1.165, 1.54) is 0 Å². The lowest BCUT2D eigenvalue weighted by Crippen LogP contribution is -2.35. The van der Waals surface area contributed by atoms with Crippen LogP contribution in [-0.4, -0.2) is 5.54 Å². The van der Waals surface area contributed by atoms with E-state index in [1.54, 1.807) is 0 Å². The van der Waals surface area contributed by atoms with Crippen LogP contribution in [-0.2, 0) is 0 Å². The summed E-state index contributed by atoms with van der Waals surface area (Å²) < 4.78 is 0. The third-order valence-electron chi connectivity index (χ3n) is 1.55. The van der Waals surface area contributed by atoms with Crippen LogP contribution in [0.1, 0.15) is 40.5 Å². The van der Waals surface area contributed by atoms with Gasteiger partial charge in [-0.25, -0.2) is 0 Å². The summed E-state index contributed by atoms with van der Waals surface area (Å²) in [4.78, 5) is 0. The van der Waals surface area contributed by atoms with Gasteiger partial charge in [-0.05, 0) is 27.2 Å². The molecule has 0 saturated heterocycles. The maximum Gasteiger partial charge on any atom is 0.127 e. The molecule has 1 N–H and O–H groups in total. The average molecular weight is 191 g/mol.